The number of amides is 1. The van der Waals surface area contributed by atoms with Crippen LogP contribution in [0.5, 0.6) is 5.75 Å². The summed E-state index contributed by atoms with van der Waals surface area (Å²) in [5, 5.41) is 11.7. The number of nitrogens with zero attached hydrogens (tertiary/aromatic N) is 5. The van der Waals surface area contributed by atoms with Gasteiger partial charge in [0.1, 0.15) is 11.9 Å². The number of carbonyl (C=O) groups excluding carboxylic acids is 1. The Morgan fingerprint density at radius 1 is 1.05 bits per heavy atom. The number of likely N-dealkylation sites (N-methyl/N-ethyl adjacent to an activating group) is 1. The van der Waals surface area contributed by atoms with Crippen molar-refractivity contribution in [2.24, 2.45) is 0 Å². The molecule has 3 aromatic carbocycles. The summed E-state index contributed by atoms with van der Waals surface area (Å²) in [6, 6.07) is 18.6. The Balaban J connectivity index is 0.965. The quantitative estimate of drug-likeness (QED) is 0.0811. The predicted molar refractivity (Wildman–Crippen MR) is 235 cm³/mol. The maximum Gasteiger partial charge on any atom is 0.259 e. The van der Waals surface area contributed by atoms with Gasteiger partial charge in [0.25, 0.3) is 8.53 Å². The number of anilines is 1. The second kappa shape index (κ2) is 17.4. The van der Waals surface area contributed by atoms with Gasteiger partial charge in [0.2, 0.25) is 11.6 Å². The highest BCUT2D eigenvalue weighted by atomic mass is 31.2. The maximum atomic E-state index is 13.3. The summed E-state index contributed by atoms with van der Waals surface area (Å²) in [6.07, 6.45) is 13.0. The molecule has 3 aromatic rings. The van der Waals surface area contributed by atoms with E-state index in [4.69, 9.17) is 19.0 Å². The Labute approximate surface area is 347 Å². The van der Waals surface area contributed by atoms with Gasteiger partial charge in [-0.3, -0.25) is 4.79 Å². The van der Waals surface area contributed by atoms with Crippen LogP contribution in [0, 0.1) is 11.3 Å². The largest absolute Gasteiger partial charge is 0.484 e. The lowest BCUT2D eigenvalue weighted by atomic mass is 9.70. The highest BCUT2D eigenvalue weighted by molar-refractivity contribution is 7.44. The fourth-order valence-corrected chi connectivity index (χ4v) is 12.2. The standard InChI is InChI=1S/C48H63N5O4P/c1-33(2)53(34(3)4)58(55-29-14-24-49)56-30-28-50(6)43(54)19-8-7-11-23-48(5)44-38-17-10-9-15-35(38)20-21-41(44)52-27-22-42-40(47(48)52)32-37-31-36-16-12-25-51-26-13-18-39(45(36)51)46(37)57-42/h9-10,15,17,20-21,31-34,42H,7-8,11-14,16,18-19,22-23,25-30H2,1-6H3/q+1. The number of benzene rings is 3. The highest BCUT2D eigenvalue weighted by Crippen LogP contribution is 2.53. The van der Waals surface area contributed by atoms with Crippen LogP contribution in [0.3, 0.4) is 0 Å². The summed E-state index contributed by atoms with van der Waals surface area (Å²) in [5.74, 6) is 1.30. The zero-order valence-corrected chi connectivity index (χ0v) is 36.6. The molecule has 0 aliphatic carbocycles. The van der Waals surface area contributed by atoms with E-state index in [9.17, 15) is 4.79 Å². The normalized spacial score (nSPS) is 20.9. The molecule has 0 spiro atoms. The van der Waals surface area contributed by atoms with Gasteiger partial charge in [0.15, 0.2) is 12.3 Å². The second-order valence-corrected chi connectivity index (χ2v) is 19.2. The smallest absolute Gasteiger partial charge is 0.259 e. The molecule has 8 rings (SSSR count). The van der Waals surface area contributed by atoms with Crippen molar-refractivity contribution < 1.29 is 23.2 Å². The molecule has 0 radical (unpaired) electrons. The fourth-order valence-electron chi connectivity index (χ4n) is 10.6. The molecule has 9 nitrogen and oxygen atoms in total. The van der Waals surface area contributed by atoms with Gasteiger partial charge in [0, 0.05) is 80.1 Å². The molecule has 0 bridgehead atoms. The highest BCUT2D eigenvalue weighted by Gasteiger charge is 2.55. The molecule has 0 fully saturated rings. The molecule has 1 amide bonds. The minimum atomic E-state index is -1.32. The number of hydrogen-bond acceptors (Lipinski definition) is 7. The molecule has 5 aliphatic heterocycles. The molecular weight excluding hydrogens is 742 g/mol. The SMILES string of the molecule is CC(C)N(C(C)C)P(OCCC#N)OCCN(C)C(=O)CCCCCC1(C)C2=[N+](CCC3Oc4c(cc5c6c4CCCN6CCC5)C=C23)c2ccc3ccccc3c21. The molecule has 10 heteroatoms. The van der Waals surface area contributed by atoms with Crippen LogP contribution in [-0.4, -0.2) is 90.4 Å². The van der Waals surface area contributed by atoms with Crippen molar-refractivity contribution in [3.05, 3.63) is 70.3 Å². The Bertz CT molecular complexity index is 2130. The van der Waals surface area contributed by atoms with Gasteiger partial charge >= 0.3 is 0 Å². The van der Waals surface area contributed by atoms with Gasteiger partial charge in [-0.25, -0.2) is 4.67 Å². The van der Waals surface area contributed by atoms with Gasteiger partial charge in [-0.2, -0.15) is 9.84 Å². The lowest BCUT2D eigenvalue weighted by Gasteiger charge is -2.40. The number of carbonyl (C=O) groups is 1. The minimum Gasteiger partial charge on any atom is -0.484 e. The van der Waals surface area contributed by atoms with Crippen LogP contribution in [0.4, 0.5) is 11.4 Å². The zero-order chi connectivity index (χ0) is 40.6. The van der Waals surface area contributed by atoms with E-state index >= 15 is 0 Å². The van der Waals surface area contributed by atoms with Crippen molar-refractivity contribution >= 4 is 48.4 Å². The van der Waals surface area contributed by atoms with Crippen LogP contribution in [0.1, 0.15) is 115 Å². The molecule has 308 valence electrons. The average Bonchev–Trinajstić information content (AvgIpc) is 3.48. The molecular formula is C48H63N5O4P+. The maximum absolute atomic E-state index is 13.3. The molecule has 3 atom stereocenters. The first-order valence-electron chi connectivity index (χ1n) is 22.0. The Kier molecular flexibility index (Phi) is 12.3. The summed E-state index contributed by atoms with van der Waals surface area (Å²) < 4.78 is 24.3. The van der Waals surface area contributed by atoms with Crippen LogP contribution < -0.4 is 9.64 Å². The molecule has 0 saturated heterocycles. The summed E-state index contributed by atoms with van der Waals surface area (Å²) >= 11 is 0. The number of fused-ring (bicyclic) bond motifs is 8. The van der Waals surface area contributed by atoms with Crippen LogP contribution in [0.2, 0.25) is 0 Å². The molecule has 58 heavy (non-hydrogen) atoms. The van der Waals surface area contributed by atoms with Gasteiger partial charge in [0.05, 0.1) is 36.7 Å². The molecule has 5 heterocycles. The zero-order valence-electron chi connectivity index (χ0n) is 35.7. The Morgan fingerprint density at radius 2 is 1.83 bits per heavy atom. The minimum absolute atomic E-state index is 0.0588. The fraction of sp³-hybridized carbons (Fsp3) is 0.562. The summed E-state index contributed by atoms with van der Waals surface area (Å²) in [4.78, 5) is 17.8. The molecule has 3 unspecified atom stereocenters. The summed E-state index contributed by atoms with van der Waals surface area (Å²) in [6.45, 7) is 15.5. The number of aryl methyl sites for hydroxylation is 1. The number of rotatable bonds is 16. The van der Waals surface area contributed by atoms with Crippen molar-refractivity contribution in [3.63, 3.8) is 0 Å². The third-order valence-electron chi connectivity index (χ3n) is 13.1. The van der Waals surface area contributed by atoms with E-state index < -0.39 is 8.53 Å². The van der Waals surface area contributed by atoms with Gasteiger partial charge in [-0.15, -0.1) is 0 Å². The van der Waals surface area contributed by atoms with Crippen molar-refractivity contribution in [1.82, 2.24) is 9.57 Å². The number of hydrogen-bond donors (Lipinski definition) is 0. The van der Waals surface area contributed by atoms with E-state index in [0.29, 0.717) is 32.6 Å². The number of nitriles is 1. The van der Waals surface area contributed by atoms with E-state index in [2.05, 4.69) is 103 Å². The Hall–Kier alpha value is -3.80. The molecule has 0 aromatic heterocycles. The van der Waals surface area contributed by atoms with Crippen LogP contribution >= 0.6 is 8.53 Å². The topological polar surface area (TPSA) is 81.3 Å². The summed E-state index contributed by atoms with van der Waals surface area (Å²) in [5.41, 5.74) is 11.1. The average molecular weight is 805 g/mol. The second-order valence-electron chi connectivity index (χ2n) is 17.7. The van der Waals surface area contributed by atoms with Crippen molar-refractivity contribution in [1.29, 1.82) is 5.26 Å². The Morgan fingerprint density at radius 3 is 2.62 bits per heavy atom. The first kappa shape index (κ1) is 41.0. The number of unbranched alkanes of at least 4 members (excludes halogenated alkanes) is 2. The van der Waals surface area contributed by atoms with Gasteiger partial charge in [-0.05, 0) is 108 Å². The van der Waals surface area contributed by atoms with Crippen LogP contribution in [-0.2, 0) is 32.1 Å². The first-order chi connectivity index (χ1) is 28.1. The van der Waals surface area contributed by atoms with E-state index in [1.165, 1.54) is 81.6 Å². The van der Waals surface area contributed by atoms with Gasteiger partial charge < -0.3 is 23.6 Å². The first-order valence-corrected chi connectivity index (χ1v) is 23.2. The van der Waals surface area contributed by atoms with Crippen LogP contribution in [0.15, 0.2) is 48.0 Å². The number of ether oxygens (including phenoxy) is 1. The molecule has 5 aliphatic rings. The molecule has 0 saturated carbocycles. The third-order valence-corrected chi connectivity index (χ3v) is 15.2. The van der Waals surface area contributed by atoms with Crippen molar-refractivity contribution in [3.8, 4) is 11.8 Å². The van der Waals surface area contributed by atoms with E-state index in [0.717, 1.165) is 57.2 Å². The predicted octanol–water partition coefficient (Wildman–Crippen LogP) is 9.84. The van der Waals surface area contributed by atoms with Crippen molar-refractivity contribution in [2.45, 2.75) is 129 Å². The molecule has 0 N–H and O–H groups in total. The van der Waals surface area contributed by atoms with E-state index in [1.807, 2.05) is 7.05 Å². The van der Waals surface area contributed by atoms with E-state index in [-0.39, 0.29) is 29.5 Å². The lowest BCUT2D eigenvalue weighted by molar-refractivity contribution is -0.444. The monoisotopic (exact) mass is 804 g/mol. The van der Waals surface area contributed by atoms with E-state index in [1.54, 1.807) is 4.90 Å². The summed E-state index contributed by atoms with van der Waals surface area (Å²) in [7, 11) is 0.551. The van der Waals surface area contributed by atoms with Gasteiger partial charge in [-0.1, -0.05) is 37.1 Å². The van der Waals surface area contributed by atoms with Crippen molar-refractivity contribution in [2.75, 3.05) is 51.3 Å². The van der Waals surface area contributed by atoms with Crippen LogP contribution in [0.25, 0.3) is 16.8 Å². The third kappa shape index (κ3) is 7.71. The lowest BCUT2D eigenvalue weighted by Crippen LogP contribution is -2.44.